The van der Waals surface area contributed by atoms with E-state index < -0.39 is 23.3 Å². The van der Waals surface area contributed by atoms with Gasteiger partial charge in [0, 0.05) is 0 Å². The second-order valence-electron chi connectivity index (χ2n) is 0.659. The van der Waals surface area contributed by atoms with Crippen LogP contribution in [0, 0.1) is 0 Å². The Morgan fingerprint density at radius 3 is 2.71 bits per heavy atom. The van der Waals surface area contributed by atoms with Crippen molar-refractivity contribution in [1.82, 2.24) is 0 Å². The van der Waals surface area contributed by atoms with Crippen LogP contribution >= 0.6 is 9.53 Å². The Balaban J connectivity index is 3.17. The molecule has 0 radical (unpaired) electrons. The molecule has 0 saturated carbocycles. The van der Waals surface area contributed by atoms with E-state index in [9.17, 15) is 4.79 Å². The van der Waals surface area contributed by atoms with Crippen LogP contribution in [-0.4, -0.2) is 5.97 Å². The molecule has 0 aromatic carbocycles. The van der Waals surface area contributed by atoms with Gasteiger partial charge in [-0.3, -0.25) is 0 Å². The van der Waals surface area contributed by atoms with E-state index >= 15 is 0 Å². The summed E-state index contributed by atoms with van der Waals surface area (Å²) in [7, 11) is 5.14. The first-order valence-corrected chi connectivity index (χ1v) is 5.88. The number of carbonyl (C=O) groups excluding carboxylic acids is 1. The summed E-state index contributed by atoms with van der Waals surface area (Å²) >= 11 is -1.19. The van der Waals surface area contributed by atoms with Crippen LogP contribution in [0.5, 0.6) is 0 Å². The zero-order valence-electron chi connectivity index (χ0n) is 3.36. The van der Waals surface area contributed by atoms with E-state index in [1.54, 1.807) is 0 Å². The number of hydrogen-bond donors (Lipinski definition) is 0. The molecular weight excluding hydrogens is 290 g/mol. The average Bonchev–Trinajstić information content (AvgIpc) is 1.68. The molecule has 0 aromatic rings. The topological polar surface area (TPSA) is 26.3 Å². The summed E-state index contributed by atoms with van der Waals surface area (Å²) in [5.41, 5.74) is 0. The van der Waals surface area contributed by atoms with Crippen LogP contribution in [0.3, 0.4) is 0 Å². The molecule has 41 valence electrons. The molecule has 0 spiro atoms. The minimum atomic E-state index is -1.19. The van der Waals surface area contributed by atoms with E-state index in [1.807, 2.05) is 0 Å². The van der Waals surface area contributed by atoms with Gasteiger partial charge in [-0.25, -0.2) is 0 Å². The predicted molar refractivity (Wildman–Crippen MR) is 22.1 cm³/mol. The zero-order chi connectivity index (χ0) is 5.70. The summed E-state index contributed by atoms with van der Waals surface area (Å²) in [6, 6.07) is 0. The van der Waals surface area contributed by atoms with Crippen LogP contribution in [0.1, 0.15) is 0 Å². The van der Waals surface area contributed by atoms with Gasteiger partial charge in [0.15, 0.2) is 0 Å². The Hall–Kier alpha value is 0.162. The average molecular weight is 293 g/mol. The second-order valence-corrected chi connectivity index (χ2v) is 2.59. The van der Waals surface area contributed by atoms with Gasteiger partial charge in [-0.1, -0.05) is 0 Å². The third kappa shape index (κ3) is 4.01. The standard InChI is InChI=1S/C3H4O2.ClH.Re/c1-2-3(4)5;;/h2H,1H2,(H,4,5);1H;/q;;+2/p-2. The molecule has 0 atom stereocenters. The van der Waals surface area contributed by atoms with Gasteiger partial charge in [-0.15, -0.1) is 0 Å². The van der Waals surface area contributed by atoms with Crippen LogP contribution in [0.4, 0.5) is 0 Å². The van der Waals surface area contributed by atoms with Gasteiger partial charge in [0.1, 0.15) is 0 Å². The van der Waals surface area contributed by atoms with Gasteiger partial charge in [-0.2, -0.15) is 0 Å². The van der Waals surface area contributed by atoms with E-state index in [0.717, 1.165) is 6.08 Å². The first-order valence-electron chi connectivity index (χ1n) is 1.40. The fourth-order valence-corrected chi connectivity index (χ4v) is 0.964. The summed E-state index contributed by atoms with van der Waals surface area (Å²) in [6.45, 7) is 3.17. The van der Waals surface area contributed by atoms with Crippen LogP contribution in [0.25, 0.3) is 0 Å². The molecule has 0 bridgehead atoms. The summed E-state index contributed by atoms with van der Waals surface area (Å²) in [6.07, 6.45) is 1.10. The molecule has 2 nitrogen and oxygen atoms in total. The summed E-state index contributed by atoms with van der Waals surface area (Å²) in [4.78, 5) is 10.0. The summed E-state index contributed by atoms with van der Waals surface area (Å²) in [5, 5.41) is 0. The van der Waals surface area contributed by atoms with Crippen molar-refractivity contribution in [3.63, 3.8) is 0 Å². The Bertz CT molecular complexity index is 83.0. The Morgan fingerprint density at radius 2 is 2.57 bits per heavy atom. The Kier molecular flexibility index (Phi) is 4.42. The maximum atomic E-state index is 10.0. The van der Waals surface area contributed by atoms with E-state index in [0.29, 0.717) is 0 Å². The van der Waals surface area contributed by atoms with Gasteiger partial charge in [0.2, 0.25) is 0 Å². The summed E-state index contributed by atoms with van der Waals surface area (Å²) < 4.78 is 4.35. The van der Waals surface area contributed by atoms with Crippen molar-refractivity contribution in [3.8, 4) is 0 Å². The molecule has 0 amide bonds. The minimum absolute atomic E-state index is 0.423. The van der Waals surface area contributed by atoms with Crippen molar-refractivity contribution in [1.29, 1.82) is 0 Å². The van der Waals surface area contributed by atoms with Gasteiger partial charge >= 0.3 is 53.7 Å². The fraction of sp³-hybridized carbons (Fsp3) is 0. The van der Waals surface area contributed by atoms with E-state index in [-0.39, 0.29) is 0 Å². The molecule has 0 aliphatic rings. The van der Waals surface area contributed by atoms with Crippen LogP contribution in [-0.2, 0) is 25.6 Å². The van der Waals surface area contributed by atoms with Crippen LogP contribution in [0.2, 0.25) is 0 Å². The van der Waals surface area contributed by atoms with E-state index in [1.165, 1.54) is 0 Å². The van der Waals surface area contributed by atoms with Crippen molar-refractivity contribution in [2.45, 2.75) is 0 Å². The molecule has 0 rings (SSSR count). The molecule has 4 heteroatoms. The molecule has 7 heavy (non-hydrogen) atoms. The molecule has 0 saturated heterocycles. The van der Waals surface area contributed by atoms with Crippen molar-refractivity contribution in [2.75, 3.05) is 0 Å². The van der Waals surface area contributed by atoms with Crippen molar-refractivity contribution in [2.24, 2.45) is 0 Å². The monoisotopic (exact) mass is 293 g/mol. The van der Waals surface area contributed by atoms with Gasteiger partial charge < -0.3 is 0 Å². The second kappa shape index (κ2) is 4.32. The molecule has 0 aliphatic carbocycles. The van der Waals surface area contributed by atoms with E-state index in [4.69, 9.17) is 9.53 Å². The molecule has 0 unspecified atom stereocenters. The Morgan fingerprint density at radius 1 is 2.00 bits per heavy atom. The van der Waals surface area contributed by atoms with Crippen molar-refractivity contribution < 1.29 is 25.6 Å². The molecule has 0 N–H and O–H groups in total. The Labute approximate surface area is 54.1 Å². The van der Waals surface area contributed by atoms with Gasteiger partial charge in [0.25, 0.3) is 0 Å². The van der Waals surface area contributed by atoms with Gasteiger partial charge in [-0.05, 0) is 0 Å². The summed E-state index contributed by atoms with van der Waals surface area (Å²) in [5.74, 6) is -0.423. The number of carbonyl (C=O) groups is 1. The third-order valence-corrected chi connectivity index (χ3v) is 1.51. The number of rotatable bonds is 2. The zero-order valence-corrected chi connectivity index (χ0v) is 6.83. The first kappa shape index (κ1) is 7.16. The van der Waals surface area contributed by atoms with Crippen LogP contribution < -0.4 is 0 Å². The molecule has 0 aromatic heterocycles. The first-order chi connectivity index (χ1) is 3.31. The SMILES string of the molecule is C=CC(=O)[O][Re][Cl]. The molecule has 0 fully saturated rings. The molecule has 0 aliphatic heterocycles. The maximum absolute atomic E-state index is 10.0. The molecule has 0 heterocycles. The normalized spacial score (nSPS) is 7.57. The van der Waals surface area contributed by atoms with Crippen LogP contribution in [0.15, 0.2) is 12.7 Å². The van der Waals surface area contributed by atoms with E-state index in [2.05, 4.69) is 10.0 Å². The number of halogens is 1. The third-order valence-electron chi connectivity index (χ3n) is 0.272. The fourth-order valence-electron chi connectivity index (χ4n) is 0.0602. The molecular formula is C3H3ClO2Re. The number of hydrogen-bond acceptors (Lipinski definition) is 2. The van der Waals surface area contributed by atoms with Crippen molar-refractivity contribution >= 4 is 15.5 Å². The quantitative estimate of drug-likeness (QED) is 0.706. The predicted octanol–water partition coefficient (Wildman–Crippen LogP) is 0.867. The van der Waals surface area contributed by atoms with Gasteiger partial charge in [0.05, 0.1) is 0 Å². The van der Waals surface area contributed by atoms with Crippen molar-refractivity contribution in [3.05, 3.63) is 12.7 Å².